The largest absolute Gasteiger partial charge is 0.478 e. The molecule has 1 aliphatic rings. The van der Waals surface area contributed by atoms with Crippen LogP contribution in [0.2, 0.25) is 0 Å². The van der Waals surface area contributed by atoms with Gasteiger partial charge in [-0.2, -0.15) is 0 Å². The summed E-state index contributed by atoms with van der Waals surface area (Å²) >= 11 is 0. The van der Waals surface area contributed by atoms with E-state index < -0.39 is 12.0 Å². The van der Waals surface area contributed by atoms with Crippen molar-refractivity contribution in [2.24, 2.45) is 0 Å². The summed E-state index contributed by atoms with van der Waals surface area (Å²) in [4.78, 5) is 25.0. The Morgan fingerprint density at radius 1 is 1.38 bits per heavy atom. The average Bonchev–Trinajstić information content (AvgIpc) is 2.49. The van der Waals surface area contributed by atoms with Gasteiger partial charge in [0.2, 0.25) is 5.91 Å². The van der Waals surface area contributed by atoms with Crippen LogP contribution in [0.15, 0.2) is 18.2 Å². The third-order valence-electron chi connectivity index (χ3n) is 3.37. The van der Waals surface area contributed by atoms with Crippen molar-refractivity contribution in [3.05, 3.63) is 23.8 Å². The van der Waals surface area contributed by atoms with E-state index in [0.29, 0.717) is 37.7 Å². The van der Waals surface area contributed by atoms with Gasteiger partial charge in [0, 0.05) is 13.1 Å². The number of rotatable bonds is 4. The van der Waals surface area contributed by atoms with Gasteiger partial charge in [0.05, 0.1) is 30.2 Å². The Morgan fingerprint density at radius 3 is 2.67 bits per heavy atom. The summed E-state index contributed by atoms with van der Waals surface area (Å²) in [5.41, 5.74) is 6.79. The summed E-state index contributed by atoms with van der Waals surface area (Å²) in [6.07, 6.45) is 0. The van der Waals surface area contributed by atoms with Gasteiger partial charge in [-0.1, -0.05) is 0 Å². The Morgan fingerprint density at radius 2 is 2.05 bits per heavy atom. The maximum atomic E-state index is 12.3. The van der Waals surface area contributed by atoms with Crippen molar-refractivity contribution in [3.8, 4) is 0 Å². The van der Waals surface area contributed by atoms with Gasteiger partial charge in [0.1, 0.15) is 6.04 Å². The molecule has 1 aromatic rings. The quantitative estimate of drug-likeness (QED) is 0.703. The van der Waals surface area contributed by atoms with Crippen LogP contribution in [0.1, 0.15) is 17.3 Å². The van der Waals surface area contributed by atoms with E-state index in [1.54, 1.807) is 11.8 Å². The van der Waals surface area contributed by atoms with Crippen LogP contribution in [-0.4, -0.2) is 54.2 Å². The molecule has 1 fully saturated rings. The third-order valence-corrected chi connectivity index (χ3v) is 3.37. The molecule has 1 unspecified atom stereocenters. The summed E-state index contributed by atoms with van der Waals surface area (Å²) in [5, 5.41) is 12.0. The van der Waals surface area contributed by atoms with Crippen LogP contribution >= 0.6 is 0 Å². The van der Waals surface area contributed by atoms with Crippen molar-refractivity contribution in [3.63, 3.8) is 0 Å². The SMILES string of the molecule is CC(Nc1cc(C(=O)O)ccc1N)C(=O)N1CCOCC1. The molecule has 0 aromatic heterocycles. The van der Waals surface area contributed by atoms with Gasteiger partial charge in [-0.05, 0) is 25.1 Å². The molecule has 0 bridgehead atoms. The van der Waals surface area contributed by atoms with Gasteiger partial charge in [-0.3, -0.25) is 4.79 Å². The summed E-state index contributed by atoms with van der Waals surface area (Å²) < 4.78 is 5.21. The van der Waals surface area contributed by atoms with E-state index in [1.165, 1.54) is 18.2 Å². The van der Waals surface area contributed by atoms with Gasteiger partial charge in [0.15, 0.2) is 0 Å². The Hall–Kier alpha value is -2.28. The van der Waals surface area contributed by atoms with E-state index in [9.17, 15) is 9.59 Å². The minimum atomic E-state index is -1.04. The van der Waals surface area contributed by atoms with Crippen LogP contribution in [0.25, 0.3) is 0 Å². The first-order valence-corrected chi connectivity index (χ1v) is 6.75. The Labute approximate surface area is 122 Å². The van der Waals surface area contributed by atoms with Gasteiger partial charge < -0.3 is 25.8 Å². The lowest BCUT2D eigenvalue weighted by Crippen LogP contribution is -2.47. The number of nitrogens with one attached hydrogen (secondary N) is 1. The van der Waals surface area contributed by atoms with Gasteiger partial charge in [-0.25, -0.2) is 4.79 Å². The Balaban J connectivity index is 2.07. The number of hydrogen-bond donors (Lipinski definition) is 3. The second-order valence-electron chi connectivity index (χ2n) is 4.91. The van der Waals surface area contributed by atoms with Crippen LogP contribution in [0.4, 0.5) is 11.4 Å². The molecule has 1 saturated heterocycles. The number of carbonyl (C=O) groups excluding carboxylic acids is 1. The number of morpholine rings is 1. The first-order valence-electron chi connectivity index (χ1n) is 6.75. The molecule has 7 nitrogen and oxygen atoms in total. The molecule has 114 valence electrons. The van der Waals surface area contributed by atoms with Gasteiger partial charge in [0.25, 0.3) is 0 Å². The lowest BCUT2D eigenvalue weighted by Gasteiger charge is -2.30. The number of carboxylic acid groups (broad SMARTS) is 1. The highest BCUT2D eigenvalue weighted by Gasteiger charge is 2.23. The highest BCUT2D eigenvalue weighted by Crippen LogP contribution is 2.21. The topological polar surface area (TPSA) is 105 Å². The summed E-state index contributed by atoms with van der Waals surface area (Å²) in [7, 11) is 0. The molecule has 0 aliphatic carbocycles. The van der Waals surface area contributed by atoms with Crippen LogP contribution in [0.5, 0.6) is 0 Å². The van der Waals surface area contributed by atoms with E-state index in [-0.39, 0.29) is 11.5 Å². The second kappa shape index (κ2) is 6.45. The standard InChI is InChI=1S/C14H19N3O4/c1-9(13(18)17-4-6-21-7-5-17)16-12-8-10(14(19)20)2-3-11(12)15/h2-3,8-9,16H,4-7,15H2,1H3,(H,19,20). The van der Waals surface area contributed by atoms with E-state index in [2.05, 4.69) is 5.32 Å². The lowest BCUT2D eigenvalue weighted by atomic mass is 10.1. The lowest BCUT2D eigenvalue weighted by molar-refractivity contribution is -0.135. The van der Waals surface area contributed by atoms with Crippen molar-refractivity contribution in [2.45, 2.75) is 13.0 Å². The molecule has 21 heavy (non-hydrogen) atoms. The van der Waals surface area contributed by atoms with Gasteiger partial charge >= 0.3 is 5.97 Å². The molecule has 4 N–H and O–H groups in total. The van der Waals surface area contributed by atoms with Crippen LogP contribution in [-0.2, 0) is 9.53 Å². The van der Waals surface area contributed by atoms with Crippen LogP contribution in [0.3, 0.4) is 0 Å². The zero-order chi connectivity index (χ0) is 15.4. The number of hydrogen-bond acceptors (Lipinski definition) is 5. The zero-order valence-corrected chi connectivity index (χ0v) is 11.8. The molecule has 2 rings (SSSR count). The molecule has 7 heteroatoms. The fourth-order valence-corrected chi connectivity index (χ4v) is 2.17. The summed E-state index contributed by atoms with van der Waals surface area (Å²) in [6.45, 7) is 3.93. The normalized spacial score (nSPS) is 16.3. The first-order chi connectivity index (χ1) is 9.99. The smallest absolute Gasteiger partial charge is 0.335 e. The molecule has 0 saturated carbocycles. The molecule has 1 amide bonds. The fraction of sp³-hybridized carbons (Fsp3) is 0.429. The summed E-state index contributed by atoms with van der Waals surface area (Å²) in [6, 6.07) is 3.88. The number of amides is 1. The fourth-order valence-electron chi connectivity index (χ4n) is 2.17. The summed E-state index contributed by atoms with van der Waals surface area (Å²) in [5.74, 6) is -1.09. The molecule has 0 spiro atoms. The number of benzene rings is 1. The predicted molar refractivity (Wildman–Crippen MR) is 78.3 cm³/mol. The molecule has 0 radical (unpaired) electrons. The van der Waals surface area contributed by atoms with Gasteiger partial charge in [-0.15, -0.1) is 0 Å². The minimum absolute atomic E-state index is 0.0570. The second-order valence-corrected chi connectivity index (χ2v) is 4.91. The Kier molecular flexibility index (Phi) is 4.64. The van der Waals surface area contributed by atoms with Crippen molar-refractivity contribution in [2.75, 3.05) is 37.4 Å². The number of nitrogens with zero attached hydrogens (tertiary/aromatic N) is 1. The molecule has 1 atom stereocenters. The number of ether oxygens (including phenoxy) is 1. The predicted octanol–water partition coefficient (Wildman–Crippen LogP) is 0.626. The molecule has 1 aliphatic heterocycles. The highest BCUT2D eigenvalue weighted by atomic mass is 16.5. The van der Waals surface area contributed by atoms with E-state index in [0.717, 1.165) is 0 Å². The van der Waals surface area contributed by atoms with Crippen molar-refractivity contribution < 1.29 is 19.4 Å². The molecule has 1 aromatic carbocycles. The number of carboxylic acids is 1. The maximum absolute atomic E-state index is 12.3. The monoisotopic (exact) mass is 293 g/mol. The van der Waals surface area contributed by atoms with E-state index in [4.69, 9.17) is 15.6 Å². The number of anilines is 2. The van der Waals surface area contributed by atoms with E-state index in [1.807, 2.05) is 0 Å². The average molecular weight is 293 g/mol. The maximum Gasteiger partial charge on any atom is 0.335 e. The number of nitrogen functional groups attached to an aromatic ring is 1. The first kappa shape index (κ1) is 15.1. The highest BCUT2D eigenvalue weighted by molar-refractivity contribution is 5.91. The van der Waals surface area contributed by atoms with E-state index >= 15 is 0 Å². The van der Waals surface area contributed by atoms with Crippen LogP contribution < -0.4 is 11.1 Å². The number of carbonyl (C=O) groups is 2. The van der Waals surface area contributed by atoms with Crippen molar-refractivity contribution in [1.29, 1.82) is 0 Å². The Bertz CT molecular complexity index is 541. The number of aromatic carboxylic acids is 1. The third kappa shape index (κ3) is 3.63. The van der Waals surface area contributed by atoms with Crippen LogP contribution in [0, 0.1) is 0 Å². The molecule has 1 heterocycles. The molecular weight excluding hydrogens is 274 g/mol. The number of nitrogens with two attached hydrogens (primary N) is 1. The zero-order valence-electron chi connectivity index (χ0n) is 11.8. The minimum Gasteiger partial charge on any atom is -0.478 e. The molecular formula is C14H19N3O4. The van der Waals surface area contributed by atoms with Crippen molar-refractivity contribution >= 4 is 23.3 Å². The van der Waals surface area contributed by atoms with Crippen molar-refractivity contribution in [1.82, 2.24) is 4.90 Å².